The predicted octanol–water partition coefficient (Wildman–Crippen LogP) is 2.91. The lowest BCUT2D eigenvalue weighted by Gasteiger charge is -2.11. The monoisotopic (exact) mass is 484 g/mol. The molecule has 1 fully saturated rings. The van der Waals surface area contributed by atoms with E-state index in [-0.39, 0.29) is 17.2 Å². The maximum atomic E-state index is 12.2. The number of nitrogens with one attached hydrogen (secondary N) is 3. The van der Waals surface area contributed by atoms with E-state index < -0.39 is 23.0 Å². The zero-order valence-electron chi connectivity index (χ0n) is 15.5. The first-order chi connectivity index (χ1) is 14.9. The van der Waals surface area contributed by atoms with Crippen LogP contribution in [0.25, 0.3) is 6.08 Å². The van der Waals surface area contributed by atoms with Crippen molar-refractivity contribution in [3.05, 3.63) is 86.0 Å². The fraction of sp³-hybridized carbons (Fsp3) is 0.0526. The molecule has 1 amide bonds. The molecule has 156 valence electrons. The number of amides is 1. The normalized spacial score (nSPS) is 16.6. The average Bonchev–Trinajstić information content (AvgIpc) is 3.40. The quantitative estimate of drug-likeness (QED) is 0.216. The Morgan fingerprint density at radius 3 is 2.71 bits per heavy atom. The van der Waals surface area contributed by atoms with Crippen molar-refractivity contribution in [3.63, 3.8) is 0 Å². The molecule has 4 rings (SSSR count). The predicted molar refractivity (Wildman–Crippen MR) is 112 cm³/mol. The van der Waals surface area contributed by atoms with Gasteiger partial charge in [-0.25, -0.2) is 9.78 Å². The van der Waals surface area contributed by atoms with E-state index in [0.29, 0.717) is 21.3 Å². The maximum Gasteiger partial charge on any atom is 0.356 e. The van der Waals surface area contributed by atoms with Crippen LogP contribution in [0, 0.1) is 10.1 Å². The van der Waals surface area contributed by atoms with Crippen molar-refractivity contribution < 1.29 is 19.2 Å². The van der Waals surface area contributed by atoms with E-state index in [1.165, 1.54) is 24.5 Å². The van der Waals surface area contributed by atoms with Gasteiger partial charge in [-0.05, 0) is 45.8 Å². The van der Waals surface area contributed by atoms with Crippen LogP contribution in [0.4, 0.5) is 11.4 Å². The Bertz CT molecular complexity index is 1190. The smallest absolute Gasteiger partial charge is 0.356 e. The van der Waals surface area contributed by atoms with Crippen LogP contribution >= 0.6 is 15.9 Å². The van der Waals surface area contributed by atoms with Crippen LogP contribution in [0.15, 0.2) is 59.0 Å². The molecule has 12 heteroatoms. The third kappa shape index (κ3) is 4.43. The molecule has 11 nitrogen and oxygen atoms in total. The van der Waals surface area contributed by atoms with Crippen molar-refractivity contribution in [2.75, 3.05) is 5.32 Å². The number of ether oxygens (including phenoxy) is 1. The van der Waals surface area contributed by atoms with Gasteiger partial charge in [0.15, 0.2) is 6.23 Å². The number of halogens is 1. The number of anilines is 1. The first-order valence-electron chi connectivity index (χ1n) is 8.80. The molecular weight excluding hydrogens is 472 g/mol. The fourth-order valence-electron chi connectivity index (χ4n) is 2.82. The van der Waals surface area contributed by atoms with Crippen molar-refractivity contribution in [1.82, 2.24) is 20.5 Å². The summed E-state index contributed by atoms with van der Waals surface area (Å²) in [5.74, 6) is -0.943. The molecule has 3 N–H and O–H groups in total. The van der Waals surface area contributed by atoms with Crippen LogP contribution in [-0.2, 0) is 9.53 Å². The molecule has 1 aliphatic rings. The number of nitro groups is 1. The van der Waals surface area contributed by atoms with Gasteiger partial charge in [0, 0.05) is 17.3 Å². The molecule has 1 aromatic heterocycles. The molecule has 1 aliphatic heterocycles. The van der Waals surface area contributed by atoms with Crippen LogP contribution in [0.2, 0.25) is 0 Å². The molecule has 3 aromatic rings. The van der Waals surface area contributed by atoms with Gasteiger partial charge in [-0.3, -0.25) is 20.0 Å². The summed E-state index contributed by atoms with van der Waals surface area (Å²) in [7, 11) is 0. The Morgan fingerprint density at radius 1 is 1.26 bits per heavy atom. The number of rotatable bonds is 5. The Balaban J connectivity index is 1.47. The Hall–Kier alpha value is -4.06. The summed E-state index contributed by atoms with van der Waals surface area (Å²) in [6, 6.07) is 11.2. The third-order valence-corrected chi connectivity index (χ3v) is 4.98. The summed E-state index contributed by atoms with van der Waals surface area (Å²) in [4.78, 5) is 38.5. The van der Waals surface area contributed by atoms with Crippen molar-refractivity contribution in [1.29, 1.82) is 0 Å². The number of aromatic nitrogens is 3. The molecule has 2 aromatic carbocycles. The van der Waals surface area contributed by atoms with Crippen molar-refractivity contribution in [2.45, 2.75) is 6.23 Å². The van der Waals surface area contributed by atoms with E-state index in [9.17, 15) is 19.7 Å². The topological polar surface area (TPSA) is 152 Å². The highest BCUT2D eigenvalue weighted by atomic mass is 79.9. The van der Waals surface area contributed by atoms with E-state index in [2.05, 4.69) is 41.7 Å². The standard InChI is InChI=1S/C19H13BrN6O5/c20-13-6-1-10(8-15(13)26(29)30)7-14-19(28)31-18(24-14)11-2-4-12(5-3-11)23-17(27)16-21-9-22-25-16/h1-9,18,24H,(H,23,27)(H,21,22,25)/b14-7+/t18-/m0/s1. The van der Waals surface area contributed by atoms with Gasteiger partial charge < -0.3 is 15.4 Å². The number of carbonyl (C=O) groups excluding carboxylic acids is 2. The van der Waals surface area contributed by atoms with Gasteiger partial charge in [-0.1, -0.05) is 18.2 Å². The number of H-pyrrole nitrogens is 1. The average molecular weight is 485 g/mol. The van der Waals surface area contributed by atoms with Gasteiger partial charge in [-0.2, -0.15) is 5.10 Å². The number of aromatic amines is 1. The summed E-state index contributed by atoms with van der Waals surface area (Å²) < 4.78 is 5.68. The van der Waals surface area contributed by atoms with Crippen LogP contribution in [-0.4, -0.2) is 32.0 Å². The third-order valence-electron chi connectivity index (χ3n) is 4.31. The number of nitrogens with zero attached hydrogens (tertiary/aromatic N) is 3. The molecule has 0 unspecified atom stereocenters. The van der Waals surface area contributed by atoms with Gasteiger partial charge >= 0.3 is 5.97 Å². The number of hydrogen-bond donors (Lipinski definition) is 3. The molecular formula is C19H13BrN6O5. The van der Waals surface area contributed by atoms with Gasteiger partial charge in [0.25, 0.3) is 11.6 Å². The number of esters is 1. The second kappa shape index (κ2) is 8.36. The number of carbonyl (C=O) groups is 2. The SMILES string of the molecule is O=C1O[C@@H](c2ccc(NC(=O)c3ncn[nH]3)cc2)N/C1=C/c1ccc(Br)c([N+](=O)[O-])c1. The minimum Gasteiger partial charge on any atom is -0.433 e. The van der Waals surface area contributed by atoms with Gasteiger partial charge in [0.1, 0.15) is 12.0 Å². The molecule has 0 aliphatic carbocycles. The van der Waals surface area contributed by atoms with E-state index in [1.54, 1.807) is 30.3 Å². The Kier molecular flexibility index (Phi) is 5.45. The van der Waals surface area contributed by atoms with Crippen molar-refractivity contribution >= 4 is 45.3 Å². The summed E-state index contributed by atoms with van der Waals surface area (Å²) in [6.45, 7) is 0. The minimum absolute atomic E-state index is 0.0819. The molecule has 31 heavy (non-hydrogen) atoms. The van der Waals surface area contributed by atoms with E-state index in [1.807, 2.05) is 0 Å². The van der Waals surface area contributed by atoms with Crippen molar-refractivity contribution in [3.8, 4) is 0 Å². The molecule has 0 spiro atoms. The second-order valence-corrected chi connectivity index (χ2v) is 7.22. The Labute approximate surface area is 182 Å². The molecule has 2 heterocycles. The zero-order valence-corrected chi connectivity index (χ0v) is 17.1. The minimum atomic E-state index is -0.733. The first-order valence-corrected chi connectivity index (χ1v) is 9.60. The number of benzene rings is 2. The maximum absolute atomic E-state index is 12.2. The highest BCUT2D eigenvalue weighted by Gasteiger charge is 2.29. The highest BCUT2D eigenvalue weighted by Crippen LogP contribution is 2.29. The largest absolute Gasteiger partial charge is 0.433 e. The summed E-state index contributed by atoms with van der Waals surface area (Å²) in [5, 5.41) is 22.8. The zero-order chi connectivity index (χ0) is 22.0. The number of nitro benzene ring substituents is 1. The van der Waals surface area contributed by atoms with Gasteiger partial charge in [0.05, 0.1) is 9.40 Å². The van der Waals surface area contributed by atoms with Crippen LogP contribution in [0.3, 0.4) is 0 Å². The summed E-state index contributed by atoms with van der Waals surface area (Å²) in [5.41, 5.74) is 1.70. The summed E-state index contributed by atoms with van der Waals surface area (Å²) >= 11 is 3.12. The van der Waals surface area contributed by atoms with Crippen LogP contribution in [0.1, 0.15) is 28.0 Å². The highest BCUT2D eigenvalue weighted by molar-refractivity contribution is 9.10. The van der Waals surface area contributed by atoms with E-state index >= 15 is 0 Å². The molecule has 1 atom stereocenters. The lowest BCUT2D eigenvalue weighted by Crippen LogP contribution is -2.15. The molecule has 0 saturated carbocycles. The fourth-order valence-corrected chi connectivity index (χ4v) is 3.22. The lowest BCUT2D eigenvalue weighted by atomic mass is 10.1. The van der Waals surface area contributed by atoms with Crippen LogP contribution < -0.4 is 10.6 Å². The first kappa shape index (κ1) is 20.2. The number of cyclic esters (lactones) is 1. The second-order valence-electron chi connectivity index (χ2n) is 6.37. The molecule has 1 saturated heterocycles. The van der Waals surface area contributed by atoms with E-state index in [0.717, 1.165) is 0 Å². The summed E-state index contributed by atoms with van der Waals surface area (Å²) in [6.07, 6.45) is 1.98. The van der Waals surface area contributed by atoms with Crippen LogP contribution in [0.5, 0.6) is 0 Å². The van der Waals surface area contributed by atoms with Crippen molar-refractivity contribution in [2.24, 2.45) is 0 Å². The molecule has 0 radical (unpaired) electrons. The van der Waals surface area contributed by atoms with Gasteiger partial charge in [-0.15, -0.1) is 0 Å². The number of hydrogen-bond acceptors (Lipinski definition) is 8. The van der Waals surface area contributed by atoms with E-state index in [4.69, 9.17) is 4.74 Å². The Morgan fingerprint density at radius 2 is 2.03 bits per heavy atom. The molecule has 0 bridgehead atoms. The van der Waals surface area contributed by atoms with Gasteiger partial charge in [0.2, 0.25) is 5.82 Å². The lowest BCUT2D eigenvalue weighted by molar-refractivity contribution is -0.385.